The van der Waals surface area contributed by atoms with Crippen LogP contribution in [0.25, 0.3) is 10.1 Å². The number of nitro benzene ring substituents is 1. The predicted octanol–water partition coefficient (Wildman–Crippen LogP) is 4.07. The molecule has 0 bridgehead atoms. The van der Waals surface area contributed by atoms with Crippen molar-refractivity contribution in [3.05, 3.63) is 39.3 Å². The summed E-state index contributed by atoms with van der Waals surface area (Å²) in [4.78, 5) is 25.7. The van der Waals surface area contributed by atoms with Gasteiger partial charge in [0, 0.05) is 35.3 Å². The Morgan fingerprint density at radius 3 is 2.91 bits per heavy atom. The van der Waals surface area contributed by atoms with Gasteiger partial charge in [-0.1, -0.05) is 6.92 Å². The molecule has 0 aliphatic carbocycles. The minimum Gasteiger partial charge on any atom is -0.338 e. The van der Waals surface area contributed by atoms with Crippen LogP contribution in [0.1, 0.15) is 35.9 Å². The normalized spacial score (nSPS) is 19.1. The lowest BCUT2D eigenvalue weighted by Gasteiger charge is -2.19. The van der Waals surface area contributed by atoms with Gasteiger partial charge in [-0.25, -0.2) is 0 Å². The molecule has 1 atom stereocenters. The largest absolute Gasteiger partial charge is 0.338 e. The van der Waals surface area contributed by atoms with E-state index in [2.05, 4.69) is 6.92 Å². The van der Waals surface area contributed by atoms with Gasteiger partial charge < -0.3 is 4.90 Å². The van der Waals surface area contributed by atoms with E-state index in [0.717, 1.165) is 36.0 Å². The lowest BCUT2D eigenvalue weighted by atomic mass is 10.0. The third-order valence-electron chi connectivity index (χ3n) is 4.23. The standard InChI is InChI=1S/C16H18N2O3S/c1-11-3-2-7-17(8-6-11)16(19)15-10-12-9-13(18(20)21)4-5-14(12)22-15/h4-5,9-11H,2-3,6-8H2,1H3/t11-/m1/s1. The fourth-order valence-electron chi connectivity index (χ4n) is 2.87. The number of amides is 1. The maximum atomic E-state index is 12.7. The van der Waals surface area contributed by atoms with Crippen molar-refractivity contribution in [2.75, 3.05) is 13.1 Å². The SMILES string of the molecule is C[C@@H]1CCCN(C(=O)c2cc3cc([N+](=O)[O-])ccc3s2)CC1. The summed E-state index contributed by atoms with van der Waals surface area (Å²) in [5.74, 6) is 0.723. The van der Waals surface area contributed by atoms with E-state index in [1.165, 1.54) is 29.9 Å². The Kier molecular flexibility index (Phi) is 4.11. The number of rotatable bonds is 2. The van der Waals surface area contributed by atoms with Crippen LogP contribution >= 0.6 is 11.3 Å². The zero-order valence-electron chi connectivity index (χ0n) is 12.4. The zero-order valence-corrected chi connectivity index (χ0v) is 13.3. The summed E-state index contributed by atoms with van der Waals surface area (Å²) in [6, 6.07) is 6.52. The number of fused-ring (bicyclic) bond motifs is 1. The number of carbonyl (C=O) groups is 1. The van der Waals surface area contributed by atoms with E-state index in [0.29, 0.717) is 10.8 Å². The van der Waals surface area contributed by atoms with E-state index in [4.69, 9.17) is 0 Å². The van der Waals surface area contributed by atoms with Crippen LogP contribution in [0.5, 0.6) is 0 Å². The molecule has 1 aliphatic rings. The highest BCUT2D eigenvalue weighted by molar-refractivity contribution is 7.20. The maximum Gasteiger partial charge on any atom is 0.270 e. The first-order valence-corrected chi connectivity index (χ1v) is 8.33. The van der Waals surface area contributed by atoms with E-state index in [-0.39, 0.29) is 11.6 Å². The Labute approximate surface area is 132 Å². The molecular weight excluding hydrogens is 300 g/mol. The Morgan fingerprint density at radius 1 is 1.32 bits per heavy atom. The van der Waals surface area contributed by atoms with Crippen molar-refractivity contribution in [2.24, 2.45) is 5.92 Å². The number of nitro groups is 1. The molecule has 0 spiro atoms. The monoisotopic (exact) mass is 318 g/mol. The molecule has 6 heteroatoms. The number of carbonyl (C=O) groups excluding carboxylic acids is 1. The van der Waals surface area contributed by atoms with Gasteiger partial charge in [0.05, 0.1) is 9.80 Å². The van der Waals surface area contributed by atoms with Crippen LogP contribution < -0.4 is 0 Å². The minimum absolute atomic E-state index is 0.0537. The second-order valence-electron chi connectivity index (χ2n) is 5.92. The summed E-state index contributed by atoms with van der Waals surface area (Å²) in [5.41, 5.74) is 0.0629. The van der Waals surface area contributed by atoms with Gasteiger partial charge in [0.15, 0.2) is 0 Å². The minimum atomic E-state index is -0.408. The summed E-state index contributed by atoms with van der Waals surface area (Å²) in [6.45, 7) is 3.83. The molecule has 116 valence electrons. The molecule has 1 aromatic heterocycles. The van der Waals surface area contributed by atoms with E-state index in [1.807, 2.05) is 4.90 Å². The number of likely N-dealkylation sites (tertiary alicyclic amines) is 1. The van der Waals surface area contributed by atoms with Gasteiger partial charge in [-0.3, -0.25) is 14.9 Å². The molecule has 1 fully saturated rings. The van der Waals surface area contributed by atoms with Gasteiger partial charge >= 0.3 is 0 Å². The van der Waals surface area contributed by atoms with Crippen molar-refractivity contribution in [1.29, 1.82) is 0 Å². The van der Waals surface area contributed by atoms with Crippen molar-refractivity contribution < 1.29 is 9.72 Å². The number of benzene rings is 1. The van der Waals surface area contributed by atoms with Gasteiger partial charge in [-0.2, -0.15) is 0 Å². The highest BCUT2D eigenvalue weighted by Crippen LogP contribution is 2.30. The molecule has 22 heavy (non-hydrogen) atoms. The molecule has 0 radical (unpaired) electrons. The maximum absolute atomic E-state index is 12.7. The van der Waals surface area contributed by atoms with Crippen molar-refractivity contribution in [2.45, 2.75) is 26.2 Å². The van der Waals surface area contributed by atoms with Crippen molar-refractivity contribution in [3.8, 4) is 0 Å². The highest BCUT2D eigenvalue weighted by Gasteiger charge is 2.21. The topological polar surface area (TPSA) is 63.5 Å². The third-order valence-corrected chi connectivity index (χ3v) is 5.33. The van der Waals surface area contributed by atoms with Gasteiger partial charge in [-0.05, 0) is 37.3 Å². The van der Waals surface area contributed by atoms with Crippen LogP contribution in [0.15, 0.2) is 24.3 Å². The molecule has 5 nitrogen and oxygen atoms in total. The van der Waals surface area contributed by atoms with E-state index in [1.54, 1.807) is 12.1 Å². The van der Waals surface area contributed by atoms with E-state index < -0.39 is 4.92 Å². The third kappa shape index (κ3) is 2.97. The molecule has 0 unspecified atom stereocenters. The fraction of sp³-hybridized carbons (Fsp3) is 0.438. The fourth-order valence-corrected chi connectivity index (χ4v) is 3.88. The van der Waals surface area contributed by atoms with Crippen LogP contribution in [0.2, 0.25) is 0 Å². The molecule has 2 heterocycles. The van der Waals surface area contributed by atoms with Crippen LogP contribution in [-0.2, 0) is 0 Å². The van der Waals surface area contributed by atoms with Crippen LogP contribution in [-0.4, -0.2) is 28.8 Å². The molecule has 3 rings (SSSR count). The average molecular weight is 318 g/mol. The predicted molar refractivity (Wildman–Crippen MR) is 87.4 cm³/mol. The lowest BCUT2D eigenvalue weighted by Crippen LogP contribution is -2.31. The number of non-ortho nitro benzene ring substituents is 1. The van der Waals surface area contributed by atoms with Crippen LogP contribution in [0.3, 0.4) is 0 Å². The molecule has 0 N–H and O–H groups in total. The lowest BCUT2D eigenvalue weighted by molar-refractivity contribution is -0.384. The quantitative estimate of drug-likeness (QED) is 0.619. The molecule has 1 amide bonds. The first kappa shape index (κ1) is 15.0. The summed E-state index contributed by atoms with van der Waals surface area (Å²) in [6.07, 6.45) is 3.26. The summed E-state index contributed by atoms with van der Waals surface area (Å²) >= 11 is 1.41. The van der Waals surface area contributed by atoms with E-state index >= 15 is 0 Å². The zero-order chi connectivity index (χ0) is 15.7. The smallest absolute Gasteiger partial charge is 0.270 e. The Morgan fingerprint density at radius 2 is 2.14 bits per heavy atom. The highest BCUT2D eigenvalue weighted by atomic mass is 32.1. The first-order chi connectivity index (χ1) is 10.5. The number of hydrogen-bond acceptors (Lipinski definition) is 4. The van der Waals surface area contributed by atoms with Gasteiger partial charge in [0.25, 0.3) is 11.6 Å². The summed E-state index contributed by atoms with van der Waals surface area (Å²) in [5, 5.41) is 11.6. The number of thiophene rings is 1. The summed E-state index contributed by atoms with van der Waals surface area (Å²) in [7, 11) is 0. The van der Waals surface area contributed by atoms with Crippen molar-refractivity contribution in [3.63, 3.8) is 0 Å². The molecule has 2 aromatic rings. The average Bonchev–Trinajstić information content (AvgIpc) is 2.81. The van der Waals surface area contributed by atoms with Crippen molar-refractivity contribution >= 4 is 33.0 Å². The number of nitrogens with zero attached hydrogens (tertiary/aromatic N) is 2. The molecule has 0 saturated carbocycles. The Bertz CT molecular complexity index is 725. The molecule has 1 aromatic carbocycles. The Balaban J connectivity index is 1.86. The molecule has 1 saturated heterocycles. The Hall–Kier alpha value is -1.95. The second-order valence-corrected chi connectivity index (χ2v) is 7.00. The van der Waals surface area contributed by atoms with Gasteiger partial charge in [0.2, 0.25) is 0 Å². The number of hydrogen-bond donors (Lipinski definition) is 0. The molecular formula is C16H18N2O3S. The van der Waals surface area contributed by atoms with E-state index in [9.17, 15) is 14.9 Å². The van der Waals surface area contributed by atoms with Gasteiger partial charge in [0.1, 0.15) is 0 Å². The first-order valence-electron chi connectivity index (χ1n) is 7.52. The summed E-state index contributed by atoms with van der Waals surface area (Å²) < 4.78 is 0.914. The van der Waals surface area contributed by atoms with Gasteiger partial charge in [-0.15, -0.1) is 11.3 Å². The second kappa shape index (κ2) is 6.04. The molecule has 1 aliphatic heterocycles. The van der Waals surface area contributed by atoms with Crippen LogP contribution in [0, 0.1) is 16.0 Å². The van der Waals surface area contributed by atoms with Crippen LogP contribution in [0.4, 0.5) is 5.69 Å². The van der Waals surface area contributed by atoms with Crippen molar-refractivity contribution in [1.82, 2.24) is 4.90 Å².